The van der Waals surface area contributed by atoms with Crippen molar-refractivity contribution in [2.75, 3.05) is 25.5 Å². The maximum Gasteiger partial charge on any atom is 0.410 e. The van der Waals surface area contributed by atoms with Gasteiger partial charge in [-0.05, 0) is 51.8 Å². The van der Waals surface area contributed by atoms with E-state index < -0.39 is 5.60 Å². The van der Waals surface area contributed by atoms with Crippen LogP contribution >= 0.6 is 15.9 Å². The molecule has 0 aliphatic carbocycles. The number of hydrogen-bond donors (Lipinski definition) is 1. The predicted octanol–water partition coefficient (Wildman–Crippen LogP) is 4.27. The van der Waals surface area contributed by atoms with Crippen molar-refractivity contribution in [2.45, 2.75) is 45.3 Å². The van der Waals surface area contributed by atoms with Crippen LogP contribution in [0.15, 0.2) is 22.7 Å². The molecule has 1 amide bonds. The van der Waals surface area contributed by atoms with E-state index in [0.29, 0.717) is 6.54 Å². The second kappa shape index (κ2) is 7.43. The van der Waals surface area contributed by atoms with Gasteiger partial charge in [-0.3, -0.25) is 0 Å². The third kappa shape index (κ3) is 5.03. The zero-order chi connectivity index (χ0) is 17.0. The van der Waals surface area contributed by atoms with Gasteiger partial charge >= 0.3 is 6.09 Å². The number of rotatable bonds is 4. The minimum absolute atomic E-state index is 0.133. The lowest BCUT2D eigenvalue weighted by Crippen LogP contribution is -2.42. The van der Waals surface area contributed by atoms with E-state index in [0.717, 1.165) is 35.3 Å². The Morgan fingerprint density at radius 1 is 1.43 bits per heavy atom. The number of halogens is 1. The van der Waals surface area contributed by atoms with E-state index in [-0.39, 0.29) is 12.1 Å². The molecule has 0 spiro atoms. The standard InChI is InChI=1S/C17H25BrN2O3/c1-17(2,3)23-16(21)20-9-5-6-13(20)11-19-14-10-12(18)7-8-15(14)22-4/h7-8,10,13,19H,5-6,9,11H2,1-4H3. The third-order valence-electron chi connectivity index (χ3n) is 3.69. The Balaban J connectivity index is 1.99. The molecule has 5 nitrogen and oxygen atoms in total. The van der Waals surface area contributed by atoms with Crippen LogP contribution in [0.2, 0.25) is 0 Å². The highest BCUT2D eigenvalue weighted by Crippen LogP contribution is 2.29. The monoisotopic (exact) mass is 384 g/mol. The number of nitrogens with one attached hydrogen (secondary N) is 1. The normalized spacial score (nSPS) is 18.0. The summed E-state index contributed by atoms with van der Waals surface area (Å²) in [5.74, 6) is 0.787. The van der Waals surface area contributed by atoms with Gasteiger partial charge in [-0.25, -0.2) is 4.79 Å². The SMILES string of the molecule is COc1ccc(Br)cc1NCC1CCCN1C(=O)OC(C)(C)C. The van der Waals surface area contributed by atoms with Crippen LogP contribution in [0.3, 0.4) is 0 Å². The van der Waals surface area contributed by atoms with E-state index in [1.807, 2.05) is 43.9 Å². The molecule has 0 saturated carbocycles. The van der Waals surface area contributed by atoms with Crippen molar-refractivity contribution in [3.05, 3.63) is 22.7 Å². The highest BCUT2D eigenvalue weighted by atomic mass is 79.9. The summed E-state index contributed by atoms with van der Waals surface area (Å²) in [5, 5.41) is 3.39. The van der Waals surface area contributed by atoms with E-state index >= 15 is 0 Å². The van der Waals surface area contributed by atoms with Crippen molar-refractivity contribution in [1.82, 2.24) is 4.90 Å². The summed E-state index contributed by atoms with van der Waals surface area (Å²) in [5.41, 5.74) is 0.448. The average Bonchev–Trinajstić information content (AvgIpc) is 2.92. The van der Waals surface area contributed by atoms with Gasteiger partial charge in [0, 0.05) is 17.6 Å². The maximum absolute atomic E-state index is 12.3. The van der Waals surface area contributed by atoms with Gasteiger partial charge in [0.2, 0.25) is 0 Å². The van der Waals surface area contributed by atoms with Gasteiger partial charge in [-0.15, -0.1) is 0 Å². The maximum atomic E-state index is 12.3. The van der Waals surface area contributed by atoms with Crippen LogP contribution in [-0.4, -0.2) is 42.8 Å². The van der Waals surface area contributed by atoms with Crippen molar-refractivity contribution in [3.8, 4) is 5.75 Å². The Labute approximate surface area is 146 Å². The van der Waals surface area contributed by atoms with Crippen LogP contribution in [0.1, 0.15) is 33.6 Å². The minimum Gasteiger partial charge on any atom is -0.495 e. The summed E-state index contributed by atoms with van der Waals surface area (Å²) in [6.45, 7) is 7.09. The number of ether oxygens (including phenoxy) is 2. The Hall–Kier alpha value is -1.43. The molecule has 1 unspecified atom stereocenters. The molecular weight excluding hydrogens is 360 g/mol. The van der Waals surface area contributed by atoms with Crippen LogP contribution in [0.25, 0.3) is 0 Å². The first kappa shape index (κ1) is 17.9. The minimum atomic E-state index is -0.467. The molecule has 1 N–H and O–H groups in total. The summed E-state index contributed by atoms with van der Waals surface area (Å²) in [6, 6.07) is 5.96. The van der Waals surface area contributed by atoms with Crippen LogP contribution in [0.5, 0.6) is 5.75 Å². The molecule has 0 radical (unpaired) electrons. The molecule has 2 rings (SSSR count). The Bertz CT molecular complexity index is 557. The number of benzene rings is 1. The molecule has 1 aromatic rings. The summed E-state index contributed by atoms with van der Waals surface area (Å²) in [6.07, 6.45) is 1.74. The number of anilines is 1. The molecule has 0 aromatic heterocycles. The first-order valence-corrected chi connectivity index (χ1v) is 8.66. The molecule has 1 aliphatic rings. The second-order valence-corrected chi connectivity index (χ2v) is 7.61. The van der Waals surface area contributed by atoms with Crippen molar-refractivity contribution in [2.24, 2.45) is 0 Å². The number of likely N-dealkylation sites (tertiary alicyclic amines) is 1. The molecule has 128 valence electrons. The molecule has 23 heavy (non-hydrogen) atoms. The summed E-state index contributed by atoms with van der Waals surface area (Å²) in [7, 11) is 1.65. The molecule has 6 heteroatoms. The lowest BCUT2D eigenvalue weighted by molar-refractivity contribution is 0.0235. The lowest BCUT2D eigenvalue weighted by Gasteiger charge is -2.29. The largest absolute Gasteiger partial charge is 0.495 e. The van der Waals surface area contributed by atoms with Crippen molar-refractivity contribution >= 4 is 27.7 Å². The van der Waals surface area contributed by atoms with E-state index in [1.165, 1.54) is 0 Å². The number of hydrogen-bond acceptors (Lipinski definition) is 4. The van der Waals surface area contributed by atoms with Gasteiger partial charge in [0.05, 0.1) is 18.8 Å². The van der Waals surface area contributed by atoms with Crippen molar-refractivity contribution in [3.63, 3.8) is 0 Å². The van der Waals surface area contributed by atoms with Gasteiger partial charge < -0.3 is 19.7 Å². The fourth-order valence-electron chi connectivity index (χ4n) is 2.65. The molecule has 1 fully saturated rings. The summed E-state index contributed by atoms with van der Waals surface area (Å²) >= 11 is 3.47. The topological polar surface area (TPSA) is 50.8 Å². The molecule has 1 saturated heterocycles. The fraction of sp³-hybridized carbons (Fsp3) is 0.588. The second-order valence-electron chi connectivity index (χ2n) is 6.70. The Morgan fingerprint density at radius 2 is 2.17 bits per heavy atom. The Kier molecular flexibility index (Phi) is 5.79. The van der Waals surface area contributed by atoms with Crippen molar-refractivity contribution < 1.29 is 14.3 Å². The van der Waals surface area contributed by atoms with Crippen LogP contribution in [0.4, 0.5) is 10.5 Å². The number of carbonyl (C=O) groups is 1. The zero-order valence-electron chi connectivity index (χ0n) is 14.2. The Morgan fingerprint density at radius 3 is 2.83 bits per heavy atom. The molecule has 1 aromatic carbocycles. The number of methoxy groups -OCH3 is 1. The lowest BCUT2D eigenvalue weighted by atomic mass is 10.2. The van der Waals surface area contributed by atoms with E-state index in [4.69, 9.17) is 9.47 Å². The number of nitrogens with zero attached hydrogens (tertiary/aromatic N) is 1. The number of carbonyl (C=O) groups excluding carboxylic acids is 1. The van der Waals surface area contributed by atoms with Gasteiger partial charge in [-0.2, -0.15) is 0 Å². The van der Waals surface area contributed by atoms with Gasteiger partial charge in [0.25, 0.3) is 0 Å². The summed E-state index contributed by atoms with van der Waals surface area (Å²) < 4.78 is 11.8. The zero-order valence-corrected chi connectivity index (χ0v) is 15.8. The molecule has 1 aliphatic heterocycles. The molecule has 0 bridgehead atoms. The quantitative estimate of drug-likeness (QED) is 0.841. The van der Waals surface area contributed by atoms with Gasteiger partial charge in [0.1, 0.15) is 11.4 Å². The third-order valence-corrected chi connectivity index (χ3v) is 4.19. The van der Waals surface area contributed by atoms with Crippen LogP contribution in [0, 0.1) is 0 Å². The molecule has 1 atom stereocenters. The van der Waals surface area contributed by atoms with Gasteiger partial charge in [-0.1, -0.05) is 15.9 Å². The summed E-state index contributed by atoms with van der Waals surface area (Å²) in [4.78, 5) is 14.1. The van der Waals surface area contributed by atoms with Crippen LogP contribution in [-0.2, 0) is 4.74 Å². The van der Waals surface area contributed by atoms with E-state index in [9.17, 15) is 4.79 Å². The average molecular weight is 385 g/mol. The highest BCUT2D eigenvalue weighted by molar-refractivity contribution is 9.10. The molecular formula is C17H25BrN2O3. The first-order valence-electron chi connectivity index (χ1n) is 7.87. The van der Waals surface area contributed by atoms with E-state index in [2.05, 4.69) is 21.2 Å². The predicted molar refractivity (Wildman–Crippen MR) is 95.1 cm³/mol. The fourth-order valence-corrected chi connectivity index (χ4v) is 3.02. The van der Waals surface area contributed by atoms with Crippen LogP contribution < -0.4 is 10.1 Å². The van der Waals surface area contributed by atoms with Crippen molar-refractivity contribution in [1.29, 1.82) is 0 Å². The van der Waals surface area contributed by atoms with E-state index in [1.54, 1.807) is 7.11 Å². The number of amides is 1. The molecule has 1 heterocycles. The highest BCUT2D eigenvalue weighted by Gasteiger charge is 2.32. The van der Waals surface area contributed by atoms with Gasteiger partial charge in [0.15, 0.2) is 0 Å². The first-order chi connectivity index (χ1) is 10.8. The smallest absolute Gasteiger partial charge is 0.410 e.